The number of ether oxygens (including phenoxy) is 1. The lowest BCUT2D eigenvalue weighted by Gasteiger charge is -2.18. The van der Waals surface area contributed by atoms with Crippen LogP contribution in [-0.4, -0.2) is 22.9 Å². The van der Waals surface area contributed by atoms with Gasteiger partial charge in [-0.15, -0.1) is 0 Å². The Hall–Kier alpha value is -3.21. The van der Waals surface area contributed by atoms with E-state index in [1.165, 1.54) is 0 Å². The minimum atomic E-state index is -0.984. The van der Waals surface area contributed by atoms with Gasteiger partial charge in [-0.25, -0.2) is 4.79 Å². The Morgan fingerprint density at radius 1 is 1.07 bits per heavy atom. The Kier molecular flexibility index (Phi) is 4.82. The number of pyridine rings is 1. The maximum Gasteiger partial charge on any atom is 0.340 e. The third-order valence-electron chi connectivity index (χ3n) is 4.80. The molecule has 1 saturated carbocycles. The van der Waals surface area contributed by atoms with Crippen molar-refractivity contribution in [3.63, 3.8) is 0 Å². The molecular formula is C23H22N2O3. The van der Waals surface area contributed by atoms with Crippen LogP contribution in [-0.2, 0) is 9.53 Å². The van der Waals surface area contributed by atoms with Gasteiger partial charge in [0.05, 0.1) is 11.1 Å². The van der Waals surface area contributed by atoms with Crippen LogP contribution in [0.4, 0.5) is 0 Å². The normalized spacial score (nSPS) is 14.5. The van der Waals surface area contributed by atoms with Crippen LogP contribution in [0.5, 0.6) is 0 Å². The van der Waals surface area contributed by atoms with Crippen LogP contribution in [0.15, 0.2) is 54.6 Å². The summed E-state index contributed by atoms with van der Waals surface area (Å²) in [6.07, 6.45) is 0.950. The van der Waals surface area contributed by atoms with E-state index in [9.17, 15) is 9.59 Å². The molecule has 28 heavy (non-hydrogen) atoms. The molecular weight excluding hydrogens is 352 g/mol. The molecule has 142 valence electrons. The lowest BCUT2D eigenvalue weighted by atomic mass is 10.0. The summed E-state index contributed by atoms with van der Waals surface area (Å²) in [5.41, 5.74) is 3.56. The van der Waals surface area contributed by atoms with Gasteiger partial charge in [-0.1, -0.05) is 42.0 Å². The highest BCUT2D eigenvalue weighted by Crippen LogP contribution is 2.26. The Bertz CT molecular complexity index is 1040. The predicted octanol–water partition coefficient (Wildman–Crippen LogP) is 4.03. The van der Waals surface area contributed by atoms with E-state index in [1.807, 2.05) is 50.2 Å². The Balaban J connectivity index is 1.69. The number of benzene rings is 2. The van der Waals surface area contributed by atoms with Crippen LogP contribution in [0.2, 0.25) is 0 Å². The number of nitrogens with one attached hydrogen (secondary N) is 1. The zero-order valence-corrected chi connectivity index (χ0v) is 15.9. The number of carbonyl (C=O) groups excluding carboxylic acids is 2. The Morgan fingerprint density at radius 3 is 2.54 bits per heavy atom. The number of carbonyl (C=O) groups is 2. The molecule has 1 aliphatic carbocycles. The molecule has 1 unspecified atom stereocenters. The summed E-state index contributed by atoms with van der Waals surface area (Å²) >= 11 is 0. The zero-order chi connectivity index (χ0) is 19.7. The van der Waals surface area contributed by atoms with E-state index in [4.69, 9.17) is 4.74 Å². The van der Waals surface area contributed by atoms with Crippen LogP contribution in [0, 0.1) is 13.8 Å². The maximum absolute atomic E-state index is 13.1. The van der Waals surface area contributed by atoms with Crippen molar-refractivity contribution >= 4 is 22.8 Å². The lowest BCUT2D eigenvalue weighted by molar-refractivity contribution is -0.130. The predicted molar refractivity (Wildman–Crippen MR) is 107 cm³/mol. The van der Waals surface area contributed by atoms with Crippen molar-refractivity contribution in [1.29, 1.82) is 0 Å². The second-order valence-electron chi connectivity index (χ2n) is 7.31. The fraction of sp³-hybridized carbons (Fsp3) is 0.261. The molecule has 4 rings (SSSR count). The molecule has 2 aromatic carbocycles. The van der Waals surface area contributed by atoms with Gasteiger partial charge in [0.2, 0.25) is 6.10 Å². The molecule has 3 aromatic rings. The summed E-state index contributed by atoms with van der Waals surface area (Å²) in [5, 5.41) is 3.67. The number of hydrogen-bond acceptors (Lipinski definition) is 4. The smallest absolute Gasteiger partial charge is 0.340 e. The second-order valence-corrected chi connectivity index (χ2v) is 7.31. The van der Waals surface area contributed by atoms with Crippen LogP contribution < -0.4 is 5.32 Å². The first-order valence-corrected chi connectivity index (χ1v) is 9.45. The molecule has 5 nitrogen and oxygen atoms in total. The van der Waals surface area contributed by atoms with Crippen LogP contribution in [0.1, 0.15) is 46.1 Å². The topological polar surface area (TPSA) is 68.3 Å². The summed E-state index contributed by atoms with van der Waals surface area (Å²) in [5.74, 6) is -0.811. The summed E-state index contributed by atoms with van der Waals surface area (Å²) in [6.45, 7) is 3.80. The molecule has 1 amide bonds. The summed E-state index contributed by atoms with van der Waals surface area (Å²) in [6, 6.07) is 16.8. The number of esters is 1. The number of rotatable bonds is 5. The largest absolute Gasteiger partial charge is 0.444 e. The van der Waals surface area contributed by atoms with E-state index < -0.39 is 12.1 Å². The summed E-state index contributed by atoms with van der Waals surface area (Å²) in [7, 11) is 0. The molecule has 1 N–H and O–H groups in total. The molecule has 1 aromatic heterocycles. The monoisotopic (exact) mass is 374 g/mol. The van der Waals surface area contributed by atoms with Gasteiger partial charge >= 0.3 is 5.97 Å². The van der Waals surface area contributed by atoms with Gasteiger partial charge in [-0.05, 0) is 44.9 Å². The Morgan fingerprint density at radius 2 is 1.82 bits per heavy atom. The van der Waals surface area contributed by atoms with Crippen molar-refractivity contribution in [2.75, 3.05) is 0 Å². The van der Waals surface area contributed by atoms with Crippen molar-refractivity contribution < 1.29 is 14.3 Å². The molecule has 1 atom stereocenters. The third-order valence-corrected chi connectivity index (χ3v) is 4.80. The Labute approximate surface area is 163 Å². The van der Waals surface area contributed by atoms with Crippen molar-refractivity contribution in [1.82, 2.24) is 10.3 Å². The van der Waals surface area contributed by atoms with E-state index in [1.54, 1.807) is 18.2 Å². The van der Waals surface area contributed by atoms with E-state index in [-0.39, 0.29) is 11.9 Å². The SMILES string of the molecule is Cc1ccc2nc(C)cc(C(=O)OC(C(=O)NC3CC3)c3ccccc3)c2c1. The molecule has 0 spiro atoms. The fourth-order valence-corrected chi connectivity index (χ4v) is 3.22. The van der Waals surface area contributed by atoms with Crippen LogP contribution in [0.25, 0.3) is 10.9 Å². The maximum atomic E-state index is 13.1. The van der Waals surface area contributed by atoms with Crippen LogP contribution >= 0.6 is 0 Å². The van der Waals surface area contributed by atoms with Crippen molar-refractivity contribution in [3.05, 3.63) is 77.0 Å². The molecule has 0 saturated heterocycles. The first-order valence-electron chi connectivity index (χ1n) is 9.45. The molecule has 5 heteroatoms. The minimum Gasteiger partial charge on any atom is -0.444 e. The number of aromatic nitrogens is 1. The number of aryl methyl sites for hydroxylation is 2. The highest BCUT2D eigenvalue weighted by Gasteiger charge is 2.31. The van der Waals surface area contributed by atoms with E-state index in [2.05, 4.69) is 10.3 Å². The number of hydrogen-bond donors (Lipinski definition) is 1. The van der Waals surface area contributed by atoms with Crippen molar-refractivity contribution in [2.24, 2.45) is 0 Å². The van der Waals surface area contributed by atoms with Gasteiger partial charge < -0.3 is 10.1 Å². The summed E-state index contributed by atoms with van der Waals surface area (Å²) < 4.78 is 5.74. The third kappa shape index (κ3) is 3.88. The van der Waals surface area contributed by atoms with Gasteiger partial charge in [0.15, 0.2) is 0 Å². The lowest BCUT2D eigenvalue weighted by Crippen LogP contribution is -2.33. The van der Waals surface area contributed by atoms with E-state index in [0.29, 0.717) is 11.1 Å². The quantitative estimate of drug-likeness (QED) is 0.685. The molecule has 1 aliphatic rings. The molecule has 0 radical (unpaired) electrons. The first-order chi connectivity index (χ1) is 13.5. The standard InChI is InChI=1S/C23H22N2O3/c1-14-8-11-20-18(12-14)19(13-15(2)24-20)23(27)28-21(16-6-4-3-5-7-16)22(26)25-17-9-10-17/h3-8,11-13,17,21H,9-10H2,1-2H3,(H,25,26). The van der Waals surface area contributed by atoms with Crippen molar-refractivity contribution in [3.8, 4) is 0 Å². The first kappa shape index (κ1) is 18.2. The fourth-order valence-electron chi connectivity index (χ4n) is 3.22. The van der Waals surface area contributed by atoms with Gasteiger partial charge in [0.25, 0.3) is 5.91 Å². The average molecular weight is 374 g/mol. The average Bonchev–Trinajstić information content (AvgIpc) is 3.50. The van der Waals surface area contributed by atoms with Crippen molar-refractivity contribution in [2.45, 2.75) is 38.8 Å². The zero-order valence-electron chi connectivity index (χ0n) is 15.9. The van der Waals surface area contributed by atoms with E-state index in [0.717, 1.165) is 35.0 Å². The van der Waals surface area contributed by atoms with Gasteiger partial charge in [-0.3, -0.25) is 9.78 Å². The highest BCUT2D eigenvalue weighted by atomic mass is 16.5. The second kappa shape index (κ2) is 7.43. The number of nitrogens with zero attached hydrogens (tertiary/aromatic N) is 1. The van der Waals surface area contributed by atoms with Gasteiger partial charge in [0.1, 0.15) is 0 Å². The van der Waals surface area contributed by atoms with Crippen LogP contribution in [0.3, 0.4) is 0 Å². The van der Waals surface area contributed by atoms with E-state index >= 15 is 0 Å². The number of amides is 1. The number of fused-ring (bicyclic) bond motifs is 1. The van der Waals surface area contributed by atoms with Gasteiger partial charge in [-0.2, -0.15) is 0 Å². The molecule has 1 heterocycles. The molecule has 0 bridgehead atoms. The van der Waals surface area contributed by atoms with Gasteiger partial charge in [0, 0.05) is 22.7 Å². The molecule has 0 aliphatic heterocycles. The molecule has 1 fully saturated rings. The summed E-state index contributed by atoms with van der Waals surface area (Å²) in [4.78, 5) is 30.3. The highest BCUT2D eigenvalue weighted by molar-refractivity contribution is 6.04. The minimum absolute atomic E-state index is 0.184.